The van der Waals surface area contributed by atoms with Crippen molar-refractivity contribution in [3.05, 3.63) is 40.6 Å². The molecule has 4 heteroatoms. The molecule has 0 amide bonds. The van der Waals surface area contributed by atoms with Crippen LogP contribution in [0, 0.1) is 5.41 Å². The molecule has 0 aromatic carbocycles. The number of aryl methyl sites for hydroxylation is 1. The van der Waals surface area contributed by atoms with E-state index in [1.807, 2.05) is 23.7 Å². The van der Waals surface area contributed by atoms with Gasteiger partial charge in [0, 0.05) is 23.8 Å². The maximum atomic E-state index is 10.3. The van der Waals surface area contributed by atoms with Crippen molar-refractivity contribution in [1.29, 1.82) is 0 Å². The minimum Gasteiger partial charge on any atom is -0.380 e. The average molecular weight is 264 g/mol. The van der Waals surface area contributed by atoms with Crippen molar-refractivity contribution in [1.82, 2.24) is 9.55 Å². The Morgan fingerprint density at radius 3 is 2.83 bits per heavy atom. The normalized spacial score (nSPS) is 13.8. The molecule has 0 saturated heterocycles. The third-order valence-electron chi connectivity index (χ3n) is 2.91. The third kappa shape index (κ3) is 3.21. The van der Waals surface area contributed by atoms with E-state index in [0.29, 0.717) is 0 Å². The van der Waals surface area contributed by atoms with Gasteiger partial charge < -0.3 is 9.67 Å². The van der Waals surface area contributed by atoms with Crippen LogP contribution < -0.4 is 0 Å². The summed E-state index contributed by atoms with van der Waals surface area (Å²) >= 11 is 1.56. The molecule has 0 saturated carbocycles. The zero-order valence-corrected chi connectivity index (χ0v) is 11.9. The lowest BCUT2D eigenvalue weighted by Gasteiger charge is -2.20. The van der Waals surface area contributed by atoms with Crippen molar-refractivity contribution in [2.45, 2.75) is 39.8 Å². The van der Waals surface area contributed by atoms with Gasteiger partial charge in [-0.1, -0.05) is 26.8 Å². The molecule has 0 aliphatic carbocycles. The maximum absolute atomic E-state index is 10.3. The molecule has 2 heterocycles. The van der Waals surface area contributed by atoms with E-state index >= 15 is 0 Å². The molecule has 2 rings (SSSR count). The Morgan fingerprint density at radius 2 is 2.22 bits per heavy atom. The highest BCUT2D eigenvalue weighted by atomic mass is 32.1. The van der Waals surface area contributed by atoms with Crippen LogP contribution in [0.15, 0.2) is 29.9 Å². The lowest BCUT2D eigenvalue weighted by atomic mass is 9.92. The first-order chi connectivity index (χ1) is 8.47. The van der Waals surface area contributed by atoms with Gasteiger partial charge in [0.15, 0.2) is 0 Å². The molecule has 0 radical (unpaired) electrons. The number of thiophene rings is 1. The van der Waals surface area contributed by atoms with E-state index in [2.05, 4.69) is 30.3 Å². The molecule has 98 valence electrons. The number of hydrogen-bond acceptors (Lipinski definition) is 3. The molecule has 0 unspecified atom stereocenters. The van der Waals surface area contributed by atoms with Gasteiger partial charge in [0.1, 0.15) is 11.9 Å². The zero-order chi connectivity index (χ0) is 13.2. The second-order valence-corrected chi connectivity index (χ2v) is 6.69. The summed E-state index contributed by atoms with van der Waals surface area (Å²) in [7, 11) is 0. The van der Waals surface area contributed by atoms with Crippen molar-refractivity contribution in [2.75, 3.05) is 0 Å². The molecule has 2 aromatic rings. The SMILES string of the molecule is CC(C)(C)CCn1ccnc1[C@H](O)c1cccs1. The highest BCUT2D eigenvalue weighted by Crippen LogP contribution is 2.26. The maximum Gasteiger partial charge on any atom is 0.146 e. The number of nitrogens with zero attached hydrogens (tertiary/aromatic N) is 2. The molecule has 3 nitrogen and oxygen atoms in total. The van der Waals surface area contributed by atoms with Gasteiger partial charge in [-0.3, -0.25) is 0 Å². The van der Waals surface area contributed by atoms with Gasteiger partial charge in [-0.2, -0.15) is 0 Å². The molecular formula is C14H20N2OS. The molecule has 0 aliphatic rings. The van der Waals surface area contributed by atoms with Crippen LogP contribution >= 0.6 is 11.3 Å². The van der Waals surface area contributed by atoms with Crippen LogP contribution in [0.4, 0.5) is 0 Å². The summed E-state index contributed by atoms with van der Waals surface area (Å²) < 4.78 is 2.05. The van der Waals surface area contributed by atoms with Gasteiger partial charge >= 0.3 is 0 Å². The summed E-state index contributed by atoms with van der Waals surface area (Å²) in [6, 6.07) is 3.89. The molecule has 1 N–H and O–H groups in total. The Balaban J connectivity index is 2.13. The van der Waals surface area contributed by atoms with Crippen molar-refractivity contribution in [3.63, 3.8) is 0 Å². The summed E-state index contributed by atoms with van der Waals surface area (Å²) in [6.07, 6.45) is 4.15. The largest absolute Gasteiger partial charge is 0.380 e. The fourth-order valence-corrected chi connectivity index (χ4v) is 2.49. The minimum atomic E-state index is -0.611. The number of hydrogen-bond donors (Lipinski definition) is 1. The summed E-state index contributed by atoms with van der Waals surface area (Å²) in [4.78, 5) is 5.24. The van der Waals surface area contributed by atoms with E-state index in [0.717, 1.165) is 23.7 Å². The van der Waals surface area contributed by atoms with E-state index in [1.54, 1.807) is 17.5 Å². The van der Waals surface area contributed by atoms with Crippen LogP contribution in [-0.4, -0.2) is 14.7 Å². The predicted molar refractivity (Wildman–Crippen MR) is 74.7 cm³/mol. The number of aromatic nitrogens is 2. The summed E-state index contributed by atoms with van der Waals surface area (Å²) in [5, 5.41) is 12.3. The second kappa shape index (κ2) is 5.24. The Hall–Kier alpha value is -1.13. The van der Waals surface area contributed by atoms with Gasteiger partial charge in [0.25, 0.3) is 0 Å². The zero-order valence-electron chi connectivity index (χ0n) is 11.1. The fraction of sp³-hybridized carbons (Fsp3) is 0.500. The van der Waals surface area contributed by atoms with Gasteiger partial charge in [-0.25, -0.2) is 4.98 Å². The van der Waals surface area contributed by atoms with Gasteiger partial charge in [-0.15, -0.1) is 11.3 Å². The summed E-state index contributed by atoms with van der Waals surface area (Å²) in [6.45, 7) is 7.55. The van der Waals surface area contributed by atoms with Crippen LogP contribution in [0.2, 0.25) is 0 Å². The van der Waals surface area contributed by atoms with E-state index < -0.39 is 6.10 Å². The highest BCUT2D eigenvalue weighted by molar-refractivity contribution is 7.10. The lowest BCUT2D eigenvalue weighted by molar-refractivity contribution is 0.205. The molecule has 0 spiro atoms. The van der Waals surface area contributed by atoms with Gasteiger partial charge in [0.2, 0.25) is 0 Å². The Kier molecular flexibility index (Phi) is 3.88. The van der Waals surface area contributed by atoms with Gasteiger partial charge in [-0.05, 0) is 23.3 Å². The standard InChI is InChI=1S/C14H20N2OS/c1-14(2,3)6-8-16-9-7-15-13(16)12(17)11-5-4-10-18-11/h4-5,7,9-10,12,17H,6,8H2,1-3H3/t12-/m1/s1. The van der Waals surface area contributed by atoms with E-state index in [1.165, 1.54) is 0 Å². The fourth-order valence-electron chi connectivity index (χ4n) is 1.79. The third-order valence-corrected chi connectivity index (χ3v) is 3.83. The molecule has 0 aliphatic heterocycles. The quantitative estimate of drug-likeness (QED) is 0.918. The number of aliphatic hydroxyl groups is 1. The van der Waals surface area contributed by atoms with Gasteiger partial charge in [0.05, 0.1) is 0 Å². The molecule has 18 heavy (non-hydrogen) atoms. The first-order valence-corrected chi connectivity index (χ1v) is 7.08. The Bertz CT molecular complexity index is 482. The highest BCUT2D eigenvalue weighted by Gasteiger charge is 2.18. The van der Waals surface area contributed by atoms with Crippen molar-refractivity contribution in [2.24, 2.45) is 5.41 Å². The first-order valence-electron chi connectivity index (χ1n) is 6.20. The molecular weight excluding hydrogens is 244 g/mol. The predicted octanol–water partition coefficient (Wildman–Crippen LogP) is 3.46. The van der Waals surface area contributed by atoms with Crippen molar-refractivity contribution in [3.8, 4) is 0 Å². The molecule has 0 fully saturated rings. The number of imidazole rings is 1. The Morgan fingerprint density at radius 1 is 1.44 bits per heavy atom. The summed E-state index contributed by atoms with van der Waals surface area (Å²) in [5.74, 6) is 0.738. The second-order valence-electron chi connectivity index (χ2n) is 5.71. The van der Waals surface area contributed by atoms with Crippen LogP contribution in [-0.2, 0) is 6.54 Å². The van der Waals surface area contributed by atoms with Crippen LogP contribution in [0.1, 0.15) is 44.0 Å². The molecule has 2 aromatic heterocycles. The molecule has 0 bridgehead atoms. The monoisotopic (exact) mass is 264 g/mol. The van der Waals surface area contributed by atoms with Crippen molar-refractivity contribution >= 4 is 11.3 Å². The Labute approximate surface area is 112 Å². The van der Waals surface area contributed by atoms with E-state index in [-0.39, 0.29) is 5.41 Å². The average Bonchev–Trinajstić information content (AvgIpc) is 2.95. The molecule has 1 atom stereocenters. The number of rotatable bonds is 4. The van der Waals surface area contributed by atoms with Crippen LogP contribution in [0.5, 0.6) is 0 Å². The smallest absolute Gasteiger partial charge is 0.146 e. The first kappa shape index (κ1) is 13.3. The van der Waals surface area contributed by atoms with E-state index in [4.69, 9.17) is 0 Å². The van der Waals surface area contributed by atoms with Crippen molar-refractivity contribution < 1.29 is 5.11 Å². The lowest BCUT2D eigenvalue weighted by Crippen LogP contribution is -2.14. The number of aliphatic hydroxyl groups excluding tert-OH is 1. The van der Waals surface area contributed by atoms with Crippen LogP contribution in [0.25, 0.3) is 0 Å². The van der Waals surface area contributed by atoms with Crippen LogP contribution in [0.3, 0.4) is 0 Å². The minimum absolute atomic E-state index is 0.287. The topological polar surface area (TPSA) is 38.0 Å². The summed E-state index contributed by atoms with van der Waals surface area (Å²) in [5.41, 5.74) is 0.287. The van der Waals surface area contributed by atoms with E-state index in [9.17, 15) is 5.11 Å².